The van der Waals surface area contributed by atoms with E-state index in [-0.39, 0.29) is 10.9 Å². The van der Waals surface area contributed by atoms with Crippen LogP contribution in [-0.4, -0.2) is 25.8 Å². The van der Waals surface area contributed by atoms with Gasteiger partial charge in [-0.3, -0.25) is 4.79 Å². The van der Waals surface area contributed by atoms with Crippen LogP contribution in [-0.2, 0) is 16.4 Å². The van der Waals surface area contributed by atoms with Crippen molar-refractivity contribution in [2.75, 3.05) is 0 Å². The highest BCUT2D eigenvalue weighted by atomic mass is 32.2. The van der Waals surface area contributed by atoms with Gasteiger partial charge in [0.1, 0.15) is 6.29 Å². The molecular formula is C23H30N4O3S. The second-order valence-corrected chi connectivity index (χ2v) is 9.89. The van der Waals surface area contributed by atoms with E-state index in [1.165, 1.54) is 0 Å². The number of nitrogens with one attached hydrogen (secondary N) is 1. The van der Waals surface area contributed by atoms with Gasteiger partial charge in [-0.25, -0.2) is 19.0 Å². The van der Waals surface area contributed by atoms with Crippen LogP contribution < -0.4 is 16.3 Å². The lowest BCUT2D eigenvalue weighted by Gasteiger charge is -2.32. The van der Waals surface area contributed by atoms with E-state index in [0.717, 1.165) is 42.2 Å². The summed E-state index contributed by atoms with van der Waals surface area (Å²) in [5.41, 5.74) is 10.5. The van der Waals surface area contributed by atoms with Crippen LogP contribution in [0, 0.1) is 6.92 Å². The molecule has 0 amide bonds. The normalized spacial score (nSPS) is 17.6. The van der Waals surface area contributed by atoms with Gasteiger partial charge in [-0.05, 0) is 62.4 Å². The van der Waals surface area contributed by atoms with Crippen LogP contribution in [0.15, 0.2) is 59.3 Å². The molecule has 0 fully saturated rings. The van der Waals surface area contributed by atoms with Crippen LogP contribution >= 0.6 is 0 Å². The van der Waals surface area contributed by atoms with Crippen molar-refractivity contribution in [3.8, 4) is 0 Å². The molecule has 0 aliphatic heterocycles. The molecule has 0 aromatic heterocycles. The fourth-order valence-electron chi connectivity index (χ4n) is 3.97. The molecule has 1 aliphatic carbocycles. The summed E-state index contributed by atoms with van der Waals surface area (Å²) in [6.45, 7) is 3.67. The number of carbonyl (C=O) groups is 1. The molecule has 7 nitrogen and oxygen atoms in total. The zero-order chi connectivity index (χ0) is 22.6. The zero-order valence-corrected chi connectivity index (χ0v) is 18.7. The first kappa shape index (κ1) is 23.0. The number of aldehydes is 1. The summed E-state index contributed by atoms with van der Waals surface area (Å²) < 4.78 is 27.8. The molecule has 0 bridgehead atoms. The molecule has 0 radical (unpaired) electrons. The van der Waals surface area contributed by atoms with E-state index in [0.29, 0.717) is 17.7 Å². The standard InChI is InChI=1S/C23H30N4O3S/c1-16-6-9-21(10-7-16)31(29,30)26-17(2)12-20(24)14-27(25)23-5-3-4-19-13-18(15-28)8-11-22(19)23/h6-11,13-15,17,23,26H,3-5,12,24-25H2,1-2H3/b20-14-. The van der Waals surface area contributed by atoms with Gasteiger partial charge < -0.3 is 10.7 Å². The maximum Gasteiger partial charge on any atom is 0.240 e. The summed E-state index contributed by atoms with van der Waals surface area (Å²) in [5.74, 6) is 6.31. The second kappa shape index (κ2) is 9.64. The molecule has 5 N–H and O–H groups in total. The molecule has 0 heterocycles. The quantitative estimate of drug-likeness (QED) is 0.329. The van der Waals surface area contributed by atoms with Crippen LogP contribution in [0.4, 0.5) is 0 Å². The van der Waals surface area contributed by atoms with Gasteiger partial charge in [0.2, 0.25) is 10.0 Å². The van der Waals surface area contributed by atoms with E-state index in [1.54, 1.807) is 48.5 Å². The smallest absolute Gasteiger partial charge is 0.240 e. The lowest BCUT2D eigenvalue weighted by Crippen LogP contribution is -2.36. The fourth-order valence-corrected chi connectivity index (χ4v) is 5.21. The fraction of sp³-hybridized carbons (Fsp3) is 0.348. The number of hydrogen-bond donors (Lipinski definition) is 3. The van der Waals surface area contributed by atoms with Crippen molar-refractivity contribution in [2.45, 2.75) is 56.5 Å². The number of nitrogens with zero attached hydrogens (tertiary/aromatic N) is 1. The van der Waals surface area contributed by atoms with Crippen molar-refractivity contribution in [2.24, 2.45) is 11.6 Å². The van der Waals surface area contributed by atoms with E-state index in [9.17, 15) is 13.2 Å². The Morgan fingerprint density at radius 3 is 2.65 bits per heavy atom. The van der Waals surface area contributed by atoms with Crippen molar-refractivity contribution in [3.63, 3.8) is 0 Å². The van der Waals surface area contributed by atoms with Gasteiger partial charge in [-0.15, -0.1) is 0 Å². The number of rotatable bonds is 8. The Balaban J connectivity index is 1.66. The summed E-state index contributed by atoms with van der Waals surface area (Å²) in [6, 6.07) is 11.9. The number of sulfonamides is 1. The van der Waals surface area contributed by atoms with E-state index in [4.69, 9.17) is 11.6 Å². The van der Waals surface area contributed by atoms with Gasteiger partial charge in [0.15, 0.2) is 0 Å². The third kappa shape index (κ3) is 5.72. The first-order valence-electron chi connectivity index (χ1n) is 10.4. The average Bonchev–Trinajstić information content (AvgIpc) is 2.72. The monoisotopic (exact) mass is 442 g/mol. The van der Waals surface area contributed by atoms with E-state index >= 15 is 0 Å². The first-order chi connectivity index (χ1) is 14.7. The third-order valence-electron chi connectivity index (χ3n) is 5.49. The van der Waals surface area contributed by atoms with Crippen molar-refractivity contribution < 1.29 is 13.2 Å². The predicted molar refractivity (Wildman–Crippen MR) is 121 cm³/mol. The highest BCUT2D eigenvalue weighted by molar-refractivity contribution is 7.89. The molecule has 2 unspecified atom stereocenters. The molecular weight excluding hydrogens is 412 g/mol. The van der Waals surface area contributed by atoms with Crippen molar-refractivity contribution in [1.29, 1.82) is 0 Å². The maximum absolute atomic E-state index is 12.6. The highest BCUT2D eigenvalue weighted by Gasteiger charge is 2.24. The molecule has 31 heavy (non-hydrogen) atoms. The largest absolute Gasteiger partial charge is 0.401 e. The van der Waals surface area contributed by atoms with E-state index < -0.39 is 16.1 Å². The molecule has 2 aromatic rings. The second-order valence-electron chi connectivity index (χ2n) is 8.17. The van der Waals surface area contributed by atoms with Gasteiger partial charge >= 0.3 is 0 Å². The van der Waals surface area contributed by atoms with Crippen LogP contribution in [0.5, 0.6) is 0 Å². The Bertz CT molecular complexity index is 1060. The third-order valence-corrected chi connectivity index (χ3v) is 7.10. The van der Waals surface area contributed by atoms with Crippen LogP contribution in [0.2, 0.25) is 0 Å². The van der Waals surface area contributed by atoms with Crippen LogP contribution in [0.3, 0.4) is 0 Å². The van der Waals surface area contributed by atoms with Crippen LogP contribution in [0.1, 0.15) is 59.3 Å². The van der Waals surface area contributed by atoms with Gasteiger partial charge in [-0.1, -0.05) is 29.8 Å². The molecule has 0 saturated heterocycles. The Kier molecular flexibility index (Phi) is 7.15. The number of carbonyl (C=O) groups excluding carboxylic acids is 1. The van der Waals surface area contributed by atoms with Gasteiger partial charge in [0, 0.05) is 29.9 Å². The number of hydrogen-bond acceptors (Lipinski definition) is 6. The minimum atomic E-state index is -3.62. The number of aryl methyl sites for hydroxylation is 2. The SMILES string of the molecule is Cc1ccc(S(=O)(=O)NC(C)C/C(N)=C/N(N)C2CCCc3cc(C=O)ccc32)cc1. The lowest BCUT2D eigenvalue weighted by atomic mass is 9.86. The highest BCUT2D eigenvalue weighted by Crippen LogP contribution is 2.33. The Hall–Kier alpha value is -2.68. The minimum Gasteiger partial charge on any atom is -0.401 e. The predicted octanol–water partition coefficient (Wildman–Crippen LogP) is 2.92. The number of nitrogens with two attached hydrogens (primary N) is 2. The van der Waals surface area contributed by atoms with Gasteiger partial charge in [-0.2, -0.15) is 0 Å². The molecule has 2 atom stereocenters. The molecule has 166 valence electrons. The van der Waals surface area contributed by atoms with E-state index in [1.807, 2.05) is 19.1 Å². The van der Waals surface area contributed by atoms with Crippen molar-refractivity contribution in [3.05, 3.63) is 76.6 Å². The summed E-state index contributed by atoms with van der Waals surface area (Å²) >= 11 is 0. The summed E-state index contributed by atoms with van der Waals surface area (Å²) in [6.07, 6.45) is 5.60. The Morgan fingerprint density at radius 2 is 1.97 bits per heavy atom. The molecule has 2 aromatic carbocycles. The zero-order valence-electron chi connectivity index (χ0n) is 17.9. The van der Waals surface area contributed by atoms with Crippen LogP contribution in [0.25, 0.3) is 0 Å². The van der Waals surface area contributed by atoms with Gasteiger partial charge in [0.25, 0.3) is 0 Å². The minimum absolute atomic E-state index is 0.0393. The Morgan fingerprint density at radius 1 is 1.26 bits per heavy atom. The number of fused-ring (bicyclic) bond motifs is 1. The molecule has 0 saturated carbocycles. The summed E-state index contributed by atoms with van der Waals surface area (Å²) in [4.78, 5) is 11.3. The Labute approximate surface area is 184 Å². The molecule has 0 spiro atoms. The first-order valence-corrected chi connectivity index (χ1v) is 11.8. The molecule has 8 heteroatoms. The molecule has 1 aliphatic rings. The topological polar surface area (TPSA) is 119 Å². The average molecular weight is 443 g/mol. The van der Waals surface area contributed by atoms with Gasteiger partial charge in [0.05, 0.1) is 10.9 Å². The summed E-state index contributed by atoms with van der Waals surface area (Å²) in [5, 5.41) is 1.59. The van der Waals surface area contributed by atoms with E-state index in [2.05, 4.69) is 4.72 Å². The maximum atomic E-state index is 12.6. The molecule has 3 rings (SSSR count). The van der Waals surface area contributed by atoms with Crippen molar-refractivity contribution >= 4 is 16.3 Å². The van der Waals surface area contributed by atoms with Crippen molar-refractivity contribution in [1.82, 2.24) is 9.73 Å². The summed E-state index contributed by atoms with van der Waals surface area (Å²) in [7, 11) is -3.62. The lowest BCUT2D eigenvalue weighted by molar-refractivity contribution is 0.112. The number of hydrazine groups is 1. The number of benzene rings is 2.